The van der Waals surface area contributed by atoms with E-state index in [1.54, 1.807) is 0 Å². The highest BCUT2D eigenvalue weighted by molar-refractivity contribution is 5.29. The summed E-state index contributed by atoms with van der Waals surface area (Å²) in [5.41, 5.74) is 5.55. The van der Waals surface area contributed by atoms with Gasteiger partial charge in [0.1, 0.15) is 5.76 Å². The fourth-order valence-corrected chi connectivity index (χ4v) is 1.59. The first-order valence-corrected chi connectivity index (χ1v) is 5.40. The number of hydrogen-bond acceptors (Lipinski definition) is 3. The minimum absolute atomic E-state index is 0.0196. The molecule has 84 valence electrons. The number of nitrogen functional groups attached to an aromatic ring is 1. The molecule has 0 saturated heterocycles. The first-order chi connectivity index (χ1) is 7.06. The summed E-state index contributed by atoms with van der Waals surface area (Å²) in [5.74, 6) is 1.34. The second kappa shape index (κ2) is 5.01. The van der Waals surface area contributed by atoms with Gasteiger partial charge in [-0.05, 0) is 19.3 Å². The summed E-state index contributed by atoms with van der Waals surface area (Å²) in [6.45, 7) is 8.02. The summed E-state index contributed by atoms with van der Waals surface area (Å²) < 4.78 is 5.19. The Bertz CT molecular complexity index is 315. The van der Waals surface area contributed by atoms with Crippen LogP contribution in [0.3, 0.4) is 0 Å². The number of allylic oxidation sites excluding steroid dienone is 1. The van der Waals surface area contributed by atoms with Crippen LogP contribution in [0.25, 0.3) is 0 Å². The molecule has 1 rings (SSSR count). The molecule has 0 amide bonds. The van der Waals surface area contributed by atoms with E-state index in [-0.39, 0.29) is 5.41 Å². The van der Waals surface area contributed by atoms with Crippen molar-refractivity contribution in [3.05, 3.63) is 24.5 Å². The maximum absolute atomic E-state index is 5.53. The fourth-order valence-electron chi connectivity index (χ4n) is 1.59. The molecule has 0 saturated carbocycles. The number of nitrogens with two attached hydrogens (primary N) is 1. The van der Waals surface area contributed by atoms with Crippen LogP contribution in [0.1, 0.15) is 45.3 Å². The monoisotopic (exact) mass is 208 g/mol. The molecule has 3 nitrogen and oxygen atoms in total. The molecule has 2 N–H and O–H groups in total. The molecular weight excluding hydrogens is 188 g/mol. The molecule has 0 aromatic carbocycles. The van der Waals surface area contributed by atoms with Crippen LogP contribution in [0, 0.1) is 0 Å². The first kappa shape index (κ1) is 11.8. The lowest BCUT2D eigenvalue weighted by atomic mass is 9.84. The van der Waals surface area contributed by atoms with Crippen LogP contribution in [-0.4, -0.2) is 5.16 Å². The standard InChI is InChI=1S/C12H20N2O/c1-4-5-6-7-8-12(2,3)10-9-11(13)14-15-10/h4,9H,1,5-8H2,2-3H3,(H2,13,14). The van der Waals surface area contributed by atoms with Crippen LogP contribution < -0.4 is 5.73 Å². The molecular formula is C12H20N2O. The number of anilines is 1. The Labute approximate surface area is 91.3 Å². The normalized spacial score (nSPS) is 11.6. The second-order valence-corrected chi connectivity index (χ2v) is 4.53. The van der Waals surface area contributed by atoms with E-state index in [1.165, 1.54) is 12.8 Å². The minimum atomic E-state index is 0.0196. The third-order valence-electron chi connectivity index (χ3n) is 2.66. The Kier molecular flexibility index (Phi) is 3.95. The molecule has 0 aliphatic carbocycles. The van der Waals surface area contributed by atoms with Gasteiger partial charge >= 0.3 is 0 Å². The van der Waals surface area contributed by atoms with Gasteiger partial charge in [0.25, 0.3) is 0 Å². The van der Waals surface area contributed by atoms with E-state index in [9.17, 15) is 0 Å². The third kappa shape index (κ3) is 3.42. The van der Waals surface area contributed by atoms with Crippen LogP contribution >= 0.6 is 0 Å². The predicted molar refractivity (Wildman–Crippen MR) is 62.6 cm³/mol. The van der Waals surface area contributed by atoms with Gasteiger partial charge in [-0.1, -0.05) is 31.5 Å². The number of rotatable bonds is 6. The minimum Gasteiger partial charge on any atom is -0.381 e. The van der Waals surface area contributed by atoms with Gasteiger partial charge in [0.15, 0.2) is 5.82 Å². The molecule has 0 bridgehead atoms. The maximum atomic E-state index is 5.53. The summed E-state index contributed by atoms with van der Waals surface area (Å²) in [5, 5.41) is 3.71. The van der Waals surface area contributed by atoms with Crippen LogP contribution in [0.5, 0.6) is 0 Å². The highest BCUT2D eigenvalue weighted by Crippen LogP contribution is 2.30. The second-order valence-electron chi connectivity index (χ2n) is 4.53. The molecule has 0 spiro atoms. The van der Waals surface area contributed by atoms with Crippen molar-refractivity contribution in [1.82, 2.24) is 5.16 Å². The van der Waals surface area contributed by atoms with E-state index < -0.39 is 0 Å². The zero-order valence-electron chi connectivity index (χ0n) is 9.62. The molecule has 15 heavy (non-hydrogen) atoms. The summed E-state index contributed by atoms with van der Waals surface area (Å²) in [6, 6.07) is 1.81. The van der Waals surface area contributed by atoms with Gasteiger partial charge < -0.3 is 10.3 Å². The fraction of sp³-hybridized carbons (Fsp3) is 0.583. The Morgan fingerprint density at radius 3 is 2.80 bits per heavy atom. The van der Waals surface area contributed by atoms with Crippen molar-refractivity contribution in [2.75, 3.05) is 5.73 Å². The SMILES string of the molecule is C=CCCCCC(C)(C)c1cc(N)no1. The number of unbranched alkanes of at least 4 members (excludes halogenated alkanes) is 2. The van der Waals surface area contributed by atoms with E-state index in [2.05, 4.69) is 25.6 Å². The van der Waals surface area contributed by atoms with Crippen molar-refractivity contribution >= 4 is 5.82 Å². The molecule has 1 aromatic rings. The molecule has 0 fully saturated rings. The van der Waals surface area contributed by atoms with Crippen molar-refractivity contribution in [3.63, 3.8) is 0 Å². The lowest BCUT2D eigenvalue weighted by molar-refractivity contribution is 0.301. The third-order valence-corrected chi connectivity index (χ3v) is 2.66. The van der Waals surface area contributed by atoms with E-state index in [4.69, 9.17) is 10.3 Å². The molecule has 0 radical (unpaired) electrons. The zero-order chi connectivity index (χ0) is 11.3. The quantitative estimate of drug-likeness (QED) is 0.576. The van der Waals surface area contributed by atoms with E-state index in [1.807, 2.05) is 12.1 Å². The highest BCUT2D eigenvalue weighted by Gasteiger charge is 2.24. The molecule has 1 aromatic heterocycles. The van der Waals surface area contributed by atoms with Crippen LogP contribution in [-0.2, 0) is 5.41 Å². The zero-order valence-corrected chi connectivity index (χ0v) is 9.62. The number of nitrogens with zero attached hydrogens (tertiary/aromatic N) is 1. The Morgan fingerprint density at radius 1 is 1.53 bits per heavy atom. The molecule has 1 heterocycles. The molecule has 0 aliphatic heterocycles. The van der Waals surface area contributed by atoms with Crippen molar-refractivity contribution < 1.29 is 4.52 Å². The van der Waals surface area contributed by atoms with Gasteiger partial charge in [-0.25, -0.2) is 0 Å². The van der Waals surface area contributed by atoms with Crippen molar-refractivity contribution in [1.29, 1.82) is 0 Å². The average Bonchev–Trinajstić information content (AvgIpc) is 2.60. The van der Waals surface area contributed by atoms with Gasteiger partial charge in [0.05, 0.1) is 0 Å². The maximum Gasteiger partial charge on any atom is 0.167 e. The van der Waals surface area contributed by atoms with Crippen LogP contribution in [0.15, 0.2) is 23.2 Å². The average molecular weight is 208 g/mol. The van der Waals surface area contributed by atoms with Gasteiger partial charge in [-0.3, -0.25) is 0 Å². The largest absolute Gasteiger partial charge is 0.381 e. The smallest absolute Gasteiger partial charge is 0.167 e. The van der Waals surface area contributed by atoms with Crippen molar-refractivity contribution in [2.24, 2.45) is 0 Å². The first-order valence-electron chi connectivity index (χ1n) is 5.40. The number of hydrogen-bond donors (Lipinski definition) is 1. The molecule has 0 unspecified atom stereocenters. The van der Waals surface area contributed by atoms with Crippen molar-refractivity contribution in [3.8, 4) is 0 Å². The summed E-state index contributed by atoms with van der Waals surface area (Å²) in [4.78, 5) is 0. The van der Waals surface area contributed by atoms with Gasteiger partial charge in [-0.2, -0.15) is 0 Å². The van der Waals surface area contributed by atoms with Gasteiger partial charge in [0.2, 0.25) is 0 Å². The topological polar surface area (TPSA) is 52.0 Å². The predicted octanol–water partition coefficient (Wildman–Crippen LogP) is 3.28. The Balaban J connectivity index is 2.47. The molecule has 3 heteroatoms. The van der Waals surface area contributed by atoms with Crippen LogP contribution in [0.4, 0.5) is 5.82 Å². The molecule has 0 aliphatic rings. The van der Waals surface area contributed by atoms with Gasteiger partial charge in [-0.15, -0.1) is 6.58 Å². The number of aromatic nitrogens is 1. The lowest BCUT2D eigenvalue weighted by Gasteiger charge is -2.20. The van der Waals surface area contributed by atoms with E-state index in [0.29, 0.717) is 5.82 Å². The molecule has 0 atom stereocenters. The van der Waals surface area contributed by atoms with Gasteiger partial charge in [0, 0.05) is 11.5 Å². The van der Waals surface area contributed by atoms with E-state index >= 15 is 0 Å². The summed E-state index contributed by atoms with van der Waals surface area (Å²) in [7, 11) is 0. The Hall–Kier alpha value is -1.25. The van der Waals surface area contributed by atoms with E-state index in [0.717, 1.165) is 18.6 Å². The summed E-state index contributed by atoms with van der Waals surface area (Å²) in [6.07, 6.45) is 6.46. The summed E-state index contributed by atoms with van der Waals surface area (Å²) >= 11 is 0. The van der Waals surface area contributed by atoms with Crippen molar-refractivity contribution in [2.45, 2.75) is 44.9 Å². The lowest BCUT2D eigenvalue weighted by Crippen LogP contribution is -2.15. The highest BCUT2D eigenvalue weighted by atomic mass is 16.5. The Morgan fingerprint density at radius 2 is 2.27 bits per heavy atom. The van der Waals surface area contributed by atoms with Crippen LogP contribution in [0.2, 0.25) is 0 Å².